The molecule has 0 saturated carbocycles. The number of piperazine rings is 2. The third kappa shape index (κ3) is 6.98. The summed E-state index contributed by atoms with van der Waals surface area (Å²) in [6.45, 7) is 8.16. The van der Waals surface area contributed by atoms with Crippen molar-refractivity contribution in [2.24, 2.45) is 0 Å². The Balaban J connectivity index is 0.963. The number of hydrogen-bond acceptors (Lipinski definition) is 7. The van der Waals surface area contributed by atoms with Crippen molar-refractivity contribution >= 4 is 45.6 Å². The number of carbonyl (C=O) groups excluding carboxylic acids is 2. The van der Waals surface area contributed by atoms with Crippen molar-refractivity contribution in [3.05, 3.63) is 102 Å². The van der Waals surface area contributed by atoms with Gasteiger partial charge < -0.3 is 35.2 Å². The number of fused-ring (bicyclic) bond motifs is 1. The van der Waals surface area contributed by atoms with Crippen LogP contribution in [0.4, 0.5) is 22.7 Å². The van der Waals surface area contributed by atoms with E-state index in [-0.39, 0.29) is 11.8 Å². The summed E-state index contributed by atoms with van der Waals surface area (Å²) in [5, 5.41) is 6.01. The van der Waals surface area contributed by atoms with E-state index < -0.39 is 0 Å². The molecular weight excluding hydrogens is 588 g/mol. The van der Waals surface area contributed by atoms with E-state index in [4.69, 9.17) is 4.98 Å². The molecule has 7 rings (SSSR count). The number of aromatic nitrogens is 2. The van der Waals surface area contributed by atoms with Gasteiger partial charge in [-0.25, -0.2) is 4.98 Å². The molecule has 2 aliphatic rings. The Labute approximate surface area is 275 Å². The van der Waals surface area contributed by atoms with Crippen LogP contribution in [-0.2, 0) is 0 Å². The van der Waals surface area contributed by atoms with Gasteiger partial charge in [-0.3, -0.25) is 9.59 Å². The van der Waals surface area contributed by atoms with Gasteiger partial charge in [0.15, 0.2) is 0 Å². The summed E-state index contributed by atoms with van der Waals surface area (Å²) in [6.07, 6.45) is 0. The van der Waals surface area contributed by atoms with E-state index in [1.807, 2.05) is 66.7 Å². The molecule has 2 fully saturated rings. The number of likely N-dealkylation sites (N-methyl/N-ethyl adjacent to an activating group) is 2. The number of nitrogens with zero attached hydrogens (tertiary/aromatic N) is 5. The molecule has 0 spiro atoms. The minimum atomic E-state index is -0.164. The van der Waals surface area contributed by atoms with E-state index in [0.717, 1.165) is 80.3 Å². The lowest BCUT2D eigenvalue weighted by atomic mass is 10.1. The predicted octanol–water partition coefficient (Wildman–Crippen LogP) is 5.24. The fourth-order valence-corrected chi connectivity index (χ4v) is 6.12. The maximum Gasteiger partial charge on any atom is 0.255 e. The first-order valence-corrected chi connectivity index (χ1v) is 16.2. The van der Waals surface area contributed by atoms with Crippen molar-refractivity contribution in [1.29, 1.82) is 0 Å². The SMILES string of the molecule is CN1CCN(c2ccc(NC(=O)c3ccc(-c4nc5ccc(NC(=O)c6ccc(N7CCN(C)CC7)cc6)cc5[nH]4)cc3)cc2)CC1. The Morgan fingerprint density at radius 1 is 0.596 bits per heavy atom. The minimum absolute atomic E-state index is 0.158. The molecule has 47 heavy (non-hydrogen) atoms. The van der Waals surface area contributed by atoms with Crippen LogP contribution in [0.2, 0.25) is 0 Å². The van der Waals surface area contributed by atoms with Gasteiger partial charge in [0, 0.05) is 91.8 Å². The molecule has 2 saturated heterocycles. The Bertz CT molecular complexity index is 1850. The number of imidazole rings is 1. The molecule has 4 aromatic carbocycles. The van der Waals surface area contributed by atoms with E-state index in [0.29, 0.717) is 22.6 Å². The van der Waals surface area contributed by atoms with Crippen LogP contribution in [0.3, 0.4) is 0 Å². The number of H-pyrrole nitrogens is 1. The van der Waals surface area contributed by atoms with Crippen molar-refractivity contribution < 1.29 is 9.59 Å². The molecule has 2 aliphatic heterocycles. The van der Waals surface area contributed by atoms with Crippen molar-refractivity contribution in [3.63, 3.8) is 0 Å². The zero-order valence-corrected chi connectivity index (χ0v) is 26.9. The lowest BCUT2D eigenvalue weighted by Gasteiger charge is -2.34. The number of nitrogens with one attached hydrogen (secondary N) is 3. The topological polar surface area (TPSA) is 99.8 Å². The van der Waals surface area contributed by atoms with Gasteiger partial charge in [0.2, 0.25) is 0 Å². The zero-order valence-electron chi connectivity index (χ0n) is 26.9. The van der Waals surface area contributed by atoms with Gasteiger partial charge in [0.1, 0.15) is 5.82 Å². The van der Waals surface area contributed by atoms with E-state index in [1.165, 1.54) is 5.69 Å². The molecule has 0 atom stereocenters. The number of hydrogen-bond donors (Lipinski definition) is 3. The minimum Gasteiger partial charge on any atom is -0.369 e. The summed E-state index contributed by atoms with van der Waals surface area (Å²) < 4.78 is 0. The third-order valence-corrected chi connectivity index (χ3v) is 9.15. The van der Waals surface area contributed by atoms with Crippen LogP contribution < -0.4 is 20.4 Å². The fourth-order valence-electron chi connectivity index (χ4n) is 6.12. The van der Waals surface area contributed by atoms with Crippen molar-refractivity contribution in [2.75, 3.05) is 86.9 Å². The average Bonchev–Trinajstić information content (AvgIpc) is 3.53. The molecule has 10 heteroatoms. The highest BCUT2D eigenvalue weighted by molar-refractivity contribution is 6.05. The number of aromatic amines is 1. The maximum absolute atomic E-state index is 13.0. The Hall–Kier alpha value is -5.19. The van der Waals surface area contributed by atoms with Gasteiger partial charge in [-0.05, 0) is 93.0 Å². The second-order valence-electron chi connectivity index (χ2n) is 12.5. The molecule has 10 nitrogen and oxygen atoms in total. The van der Waals surface area contributed by atoms with Gasteiger partial charge in [-0.15, -0.1) is 0 Å². The predicted molar refractivity (Wildman–Crippen MR) is 190 cm³/mol. The molecule has 0 aliphatic carbocycles. The van der Waals surface area contributed by atoms with Crippen LogP contribution in [-0.4, -0.2) is 98.0 Å². The van der Waals surface area contributed by atoms with Gasteiger partial charge in [-0.1, -0.05) is 12.1 Å². The normalized spacial score (nSPS) is 16.0. The molecule has 5 aromatic rings. The molecule has 0 unspecified atom stereocenters. The molecule has 3 heterocycles. The van der Waals surface area contributed by atoms with Gasteiger partial charge in [0.05, 0.1) is 11.0 Å². The van der Waals surface area contributed by atoms with E-state index in [9.17, 15) is 9.59 Å². The van der Waals surface area contributed by atoms with E-state index >= 15 is 0 Å². The summed E-state index contributed by atoms with van der Waals surface area (Å²) in [5.41, 5.74) is 7.40. The van der Waals surface area contributed by atoms with Crippen LogP contribution in [0.5, 0.6) is 0 Å². The number of carbonyl (C=O) groups is 2. The Morgan fingerprint density at radius 2 is 1.06 bits per heavy atom. The summed E-state index contributed by atoms with van der Waals surface area (Å²) in [5.74, 6) is 0.367. The largest absolute Gasteiger partial charge is 0.369 e. The number of benzene rings is 4. The van der Waals surface area contributed by atoms with Crippen molar-refractivity contribution in [3.8, 4) is 11.4 Å². The summed E-state index contributed by atoms with van der Waals surface area (Å²) in [6, 6.07) is 28.8. The van der Waals surface area contributed by atoms with Crippen LogP contribution in [0.1, 0.15) is 20.7 Å². The maximum atomic E-state index is 13.0. The average molecular weight is 629 g/mol. The quantitative estimate of drug-likeness (QED) is 0.227. The highest BCUT2D eigenvalue weighted by Crippen LogP contribution is 2.25. The monoisotopic (exact) mass is 628 g/mol. The number of rotatable bonds is 7. The van der Waals surface area contributed by atoms with Crippen LogP contribution >= 0.6 is 0 Å². The van der Waals surface area contributed by atoms with Crippen LogP contribution in [0.25, 0.3) is 22.4 Å². The van der Waals surface area contributed by atoms with Gasteiger partial charge in [-0.2, -0.15) is 0 Å². The summed E-state index contributed by atoms with van der Waals surface area (Å²) in [4.78, 5) is 43.4. The highest BCUT2D eigenvalue weighted by Gasteiger charge is 2.17. The fraction of sp³-hybridized carbons (Fsp3) is 0.270. The van der Waals surface area contributed by atoms with Gasteiger partial charge in [0.25, 0.3) is 11.8 Å². The van der Waals surface area contributed by atoms with E-state index in [1.54, 1.807) is 12.1 Å². The lowest BCUT2D eigenvalue weighted by Crippen LogP contribution is -2.44. The Morgan fingerprint density at radius 3 is 1.62 bits per heavy atom. The molecule has 3 N–H and O–H groups in total. The first-order chi connectivity index (χ1) is 22.9. The smallest absolute Gasteiger partial charge is 0.255 e. The Kier molecular flexibility index (Phi) is 8.60. The van der Waals surface area contributed by atoms with Crippen molar-refractivity contribution in [1.82, 2.24) is 19.8 Å². The van der Waals surface area contributed by atoms with Crippen LogP contribution in [0.15, 0.2) is 91.0 Å². The molecule has 0 bridgehead atoms. The standard InChI is InChI=1S/C37H40N8O2/c1-42-17-21-44(22-18-42)31-12-7-28(8-13-31)37(47)39-30-11-16-33-34(25-30)41-35(40-33)26-3-5-27(6-4-26)36(46)38-29-9-14-32(15-10-29)45-23-19-43(2)20-24-45/h3-16,25H,17-24H2,1-2H3,(H,38,46)(H,39,47)(H,40,41). The first kappa shape index (κ1) is 30.5. The van der Waals surface area contributed by atoms with Crippen LogP contribution in [0, 0.1) is 0 Å². The summed E-state index contributed by atoms with van der Waals surface area (Å²) >= 11 is 0. The highest BCUT2D eigenvalue weighted by atomic mass is 16.2. The lowest BCUT2D eigenvalue weighted by molar-refractivity contribution is 0.101. The molecule has 240 valence electrons. The molecule has 2 amide bonds. The van der Waals surface area contributed by atoms with E-state index in [2.05, 4.69) is 61.4 Å². The second-order valence-corrected chi connectivity index (χ2v) is 12.5. The summed E-state index contributed by atoms with van der Waals surface area (Å²) in [7, 11) is 4.29. The first-order valence-electron chi connectivity index (χ1n) is 16.2. The van der Waals surface area contributed by atoms with Crippen molar-refractivity contribution in [2.45, 2.75) is 0 Å². The molecule has 1 aromatic heterocycles. The number of anilines is 4. The van der Waals surface area contributed by atoms with Gasteiger partial charge >= 0.3 is 0 Å². The molecule has 0 radical (unpaired) electrons. The number of amides is 2. The molecular formula is C37H40N8O2. The second kappa shape index (κ2) is 13.3. The third-order valence-electron chi connectivity index (χ3n) is 9.15. The zero-order chi connectivity index (χ0) is 32.3.